The van der Waals surface area contributed by atoms with Crippen LogP contribution in [0.2, 0.25) is 0 Å². The first-order valence-electron chi connectivity index (χ1n) is 9.05. The van der Waals surface area contributed by atoms with E-state index < -0.39 is 0 Å². The van der Waals surface area contributed by atoms with Gasteiger partial charge in [0.05, 0.1) is 11.8 Å². The van der Waals surface area contributed by atoms with Crippen molar-refractivity contribution in [3.8, 4) is 0 Å². The summed E-state index contributed by atoms with van der Waals surface area (Å²) in [7, 11) is 0. The standard InChI is InChI=1S/C19H30O4/c1-9(2)7-11(10(3)4)17(20)22-15-13-8-12-14(19(13,5)6)16(15)23-18(12)21/h9-16H,7-8H2,1-6H3. The van der Waals surface area contributed by atoms with Gasteiger partial charge < -0.3 is 9.47 Å². The van der Waals surface area contributed by atoms with E-state index in [1.807, 2.05) is 0 Å². The molecule has 130 valence electrons. The Labute approximate surface area is 139 Å². The third-order valence-electron chi connectivity index (χ3n) is 6.47. The van der Waals surface area contributed by atoms with Crippen molar-refractivity contribution in [3.05, 3.63) is 0 Å². The molecule has 23 heavy (non-hydrogen) atoms. The van der Waals surface area contributed by atoms with Crippen molar-refractivity contribution in [2.24, 2.45) is 40.9 Å². The smallest absolute Gasteiger partial charge is 0.309 e. The van der Waals surface area contributed by atoms with E-state index in [1.165, 1.54) is 0 Å². The molecule has 0 amide bonds. The molecular weight excluding hydrogens is 292 g/mol. The van der Waals surface area contributed by atoms with E-state index in [0.29, 0.717) is 5.92 Å². The van der Waals surface area contributed by atoms with Gasteiger partial charge in [0.2, 0.25) is 0 Å². The maximum atomic E-state index is 12.8. The number of carbonyl (C=O) groups excluding carboxylic acids is 2. The molecule has 4 nitrogen and oxygen atoms in total. The van der Waals surface area contributed by atoms with Gasteiger partial charge in [0.15, 0.2) is 0 Å². The van der Waals surface area contributed by atoms with E-state index in [2.05, 4.69) is 41.5 Å². The largest absolute Gasteiger partial charge is 0.458 e. The van der Waals surface area contributed by atoms with E-state index in [-0.39, 0.29) is 59.2 Å². The minimum atomic E-state index is -0.251. The predicted molar refractivity (Wildman–Crippen MR) is 86.4 cm³/mol. The molecule has 0 radical (unpaired) electrons. The molecule has 1 aliphatic heterocycles. The third kappa shape index (κ3) is 2.49. The minimum absolute atomic E-state index is 0.0117. The zero-order chi connectivity index (χ0) is 17.1. The summed E-state index contributed by atoms with van der Waals surface area (Å²) in [5, 5.41) is 0. The van der Waals surface area contributed by atoms with Crippen LogP contribution in [0.4, 0.5) is 0 Å². The highest BCUT2D eigenvalue weighted by Crippen LogP contribution is 2.65. The number of hydrogen-bond donors (Lipinski definition) is 0. The number of esters is 2. The van der Waals surface area contributed by atoms with Crippen LogP contribution >= 0.6 is 0 Å². The van der Waals surface area contributed by atoms with Crippen LogP contribution in [0, 0.1) is 40.9 Å². The van der Waals surface area contributed by atoms with E-state index >= 15 is 0 Å². The van der Waals surface area contributed by atoms with Crippen molar-refractivity contribution in [2.45, 2.75) is 66.6 Å². The molecule has 0 aromatic carbocycles. The lowest BCUT2D eigenvalue weighted by Gasteiger charge is -2.29. The summed E-state index contributed by atoms with van der Waals surface area (Å²) < 4.78 is 11.6. The summed E-state index contributed by atoms with van der Waals surface area (Å²) in [5.41, 5.74) is 0.0117. The van der Waals surface area contributed by atoms with Gasteiger partial charge in [0.1, 0.15) is 12.2 Å². The van der Waals surface area contributed by atoms with E-state index in [1.54, 1.807) is 0 Å². The molecule has 0 aromatic heterocycles. The maximum absolute atomic E-state index is 12.8. The molecule has 0 N–H and O–H groups in total. The van der Waals surface area contributed by atoms with Crippen molar-refractivity contribution >= 4 is 11.9 Å². The minimum Gasteiger partial charge on any atom is -0.458 e. The molecule has 0 spiro atoms. The second-order valence-electron chi connectivity index (χ2n) is 9.08. The van der Waals surface area contributed by atoms with Gasteiger partial charge in [-0.15, -0.1) is 0 Å². The van der Waals surface area contributed by atoms with Gasteiger partial charge in [0, 0.05) is 11.8 Å². The number of hydrogen-bond acceptors (Lipinski definition) is 4. The number of ether oxygens (including phenoxy) is 2. The first kappa shape index (κ1) is 16.8. The Morgan fingerprint density at radius 3 is 2.52 bits per heavy atom. The predicted octanol–water partition coefficient (Wildman–Crippen LogP) is 3.43. The van der Waals surface area contributed by atoms with Crippen LogP contribution in [0.15, 0.2) is 0 Å². The Bertz CT molecular complexity index is 507. The lowest BCUT2D eigenvalue weighted by atomic mass is 9.80. The van der Waals surface area contributed by atoms with Gasteiger partial charge in [-0.2, -0.15) is 0 Å². The fourth-order valence-corrected chi connectivity index (χ4v) is 5.26. The van der Waals surface area contributed by atoms with Gasteiger partial charge in [0.25, 0.3) is 0 Å². The number of carbonyl (C=O) groups is 2. The average Bonchev–Trinajstić information content (AvgIpc) is 2.92. The summed E-state index contributed by atoms with van der Waals surface area (Å²) in [4.78, 5) is 24.8. The van der Waals surface area contributed by atoms with Gasteiger partial charge >= 0.3 is 11.9 Å². The second kappa shape index (κ2) is 5.49. The van der Waals surface area contributed by atoms with Crippen molar-refractivity contribution in [1.82, 2.24) is 0 Å². The zero-order valence-corrected chi connectivity index (χ0v) is 15.2. The fraction of sp³-hybridized carbons (Fsp3) is 0.895. The van der Waals surface area contributed by atoms with E-state index in [9.17, 15) is 9.59 Å². The van der Waals surface area contributed by atoms with Crippen molar-refractivity contribution in [1.29, 1.82) is 0 Å². The first-order valence-corrected chi connectivity index (χ1v) is 9.05. The summed E-state index contributed by atoms with van der Waals surface area (Å²) in [6, 6.07) is 0. The van der Waals surface area contributed by atoms with E-state index in [0.717, 1.165) is 12.8 Å². The quantitative estimate of drug-likeness (QED) is 0.728. The normalized spacial score (nSPS) is 38.3. The summed E-state index contributed by atoms with van der Waals surface area (Å²) >= 11 is 0. The summed E-state index contributed by atoms with van der Waals surface area (Å²) in [5.74, 6) is 0.913. The molecule has 6 atom stereocenters. The number of rotatable bonds is 5. The van der Waals surface area contributed by atoms with Crippen LogP contribution in [0.3, 0.4) is 0 Å². The fourth-order valence-electron chi connectivity index (χ4n) is 5.26. The van der Waals surface area contributed by atoms with Gasteiger partial charge in [-0.05, 0) is 30.1 Å². The highest BCUT2D eigenvalue weighted by Gasteiger charge is 2.71. The highest BCUT2D eigenvalue weighted by molar-refractivity contribution is 5.78. The molecule has 2 aliphatic carbocycles. The van der Waals surface area contributed by atoms with Gasteiger partial charge in [-0.3, -0.25) is 9.59 Å². The molecule has 1 saturated heterocycles. The van der Waals surface area contributed by atoms with E-state index in [4.69, 9.17) is 9.47 Å². The van der Waals surface area contributed by atoms with Crippen LogP contribution in [0.5, 0.6) is 0 Å². The summed E-state index contributed by atoms with van der Waals surface area (Å²) in [6.45, 7) is 12.8. The van der Waals surface area contributed by atoms with Crippen molar-refractivity contribution < 1.29 is 19.1 Å². The third-order valence-corrected chi connectivity index (χ3v) is 6.47. The van der Waals surface area contributed by atoms with Crippen LogP contribution in [-0.4, -0.2) is 24.1 Å². The molecule has 3 aliphatic rings. The van der Waals surface area contributed by atoms with Crippen molar-refractivity contribution in [3.63, 3.8) is 0 Å². The molecular formula is C19H30O4. The number of fused-ring (bicyclic) bond motifs is 1. The van der Waals surface area contributed by atoms with Crippen LogP contribution < -0.4 is 0 Å². The van der Waals surface area contributed by atoms with Crippen LogP contribution in [-0.2, 0) is 19.1 Å². The molecule has 0 aromatic rings. The Hall–Kier alpha value is -1.06. The van der Waals surface area contributed by atoms with Crippen molar-refractivity contribution in [2.75, 3.05) is 0 Å². The topological polar surface area (TPSA) is 52.6 Å². The zero-order valence-electron chi connectivity index (χ0n) is 15.2. The van der Waals surface area contributed by atoms with Crippen LogP contribution in [0.25, 0.3) is 0 Å². The molecule has 6 unspecified atom stereocenters. The Kier molecular flexibility index (Phi) is 4.01. The molecule has 1 heterocycles. The Balaban J connectivity index is 1.76. The van der Waals surface area contributed by atoms with Gasteiger partial charge in [-0.25, -0.2) is 0 Å². The van der Waals surface area contributed by atoms with Gasteiger partial charge in [-0.1, -0.05) is 41.5 Å². The molecule has 2 saturated carbocycles. The monoisotopic (exact) mass is 322 g/mol. The first-order chi connectivity index (χ1) is 10.6. The molecule has 3 rings (SSSR count). The van der Waals surface area contributed by atoms with Crippen LogP contribution in [0.1, 0.15) is 54.4 Å². The highest BCUT2D eigenvalue weighted by atomic mass is 16.6. The lowest BCUT2D eigenvalue weighted by molar-refractivity contribution is -0.168. The second-order valence-corrected chi connectivity index (χ2v) is 9.08. The maximum Gasteiger partial charge on any atom is 0.309 e. The average molecular weight is 322 g/mol. The molecule has 2 bridgehead atoms. The summed E-state index contributed by atoms with van der Waals surface area (Å²) in [6.07, 6.45) is 1.17. The lowest BCUT2D eigenvalue weighted by Crippen LogP contribution is -2.38. The molecule has 4 heteroatoms. The Morgan fingerprint density at radius 2 is 1.96 bits per heavy atom. The Morgan fingerprint density at radius 1 is 1.30 bits per heavy atom. The SMILES string of the molecule is CC(C)CC(C(=O)OC1C2OC(=O)C3CC1C(C)(C)C32)C(C)C. The molecule has 3 fully saturated rings.